The van der Waals surface area contributed by atoms with Crippen LogP contribution < -0.4 is 11.1 Å². The minimum Gasteiger partial charge on any atom is -0.365 e. The summed E-state index contributed by atoms with van der Waals surface area (Å²) in [6.07, 6.45) is -0.177. The Morgan fingerprint density at radius 2 is 1.80 bits per heavy atom. The molecular formula is C17H20N2O4S2. The Hall–Kier alpha value is -2.19. The maximum Gasteiger partial charge on any atom is 0.251 e. The van der Waals surface area contributed by atoms with Crippen molar-refractivity contribution in [3.63, 3.8) is 0 Å². The van der Waals surface area contributed by atoms with Crippen molar-refractivity contribution >= 4 is 38.0 Å². The van der Waals surface area contributed by atoms with E-state index in [9.17, 15) is 18.0 Å². The van der Waals surface area contributed by atoms with Crippen molar-refractivity contribution in [3.05, 3.63) is 51.9 Å². The third-order valence-corrected chi connectivity index (χ3v) is 6.48. The van der Waals surface area contributed by atoms with Gasteiger partial charge >= 0.3 is 0 Å². The summed E-state index contributed by atoms with van der Waals surface area (Å²) in [5.74, 6) is -1.44. The van der Waals surface area contributed by atoms with Crippen molar-refractivity contribution in [2.45, 2.75) is 26.0 Å². The molecule has 8 heteroatoms. The number of primary amides is 1. The molecule has 0 radical (unpaired) electrons. The maximum atomic E-state index is 12.1. The molecule has 0 bridgehead atoms. The number of carbonyl (C=O) groups is 2. The number of rotatable bonds is 7. The van der Waals surface area contributed by atoms with Gasteiger partial charge < -0.3 is 11.1 Å². The fraction of sp³-hybridized carbons (Fsp3) is 0.294. The van der Waals surface area contributed by atoms with Gasteiger partial charge in [0.05, 0.1) is 17.1 Å². The van der Waals surface area contributed by atoms with E-state index in [-0.39, 0.29) is 23.5 Å². The first-order chi connectivity index (χ1) is 11.7. The number of hydrogen-bond acceptors (Lipinski definition) is 5. The van der Waals surface area contributed by atoms with Crippen LogP contribution >= 0.6 is 11.3 Å². The van der Waals surface area contributed by atoms with Gasteiger partial charge in [-0.3, -0.25) is 9.59 Å². The maximum absolute atomic E-state index is 12.1. The van der Waals surface area contributed by atoms with E-state index in [0.29, 0.717) is 10.6 Å². The van der Waals surface area contributed by atoms with Crippen LogP contribution in [0.3, 0.4) is 0 Å². The Kier molecular flexibility index (Phi) is 5.97. The van der Waals surface area contributed by atoms with Gasteiger partial charge in [0.2, 0.25) is 5.91 Å². The van der Waals surface area contributed by atoms with E-state index in [1.165, 1.54) is 11.3 Å². The standard InChI is InChI=1S/C17H20N2O4S2/c1-11-12(2)24-17(15(11)16(18)21)19-14(20)8-9-25(22,23)10-13-6-4-3-5-7-13/h3-7H,8-10H2,1-2H3,(H2,18,21)(H,19,20). The third kappa shape index (κ3) is 5.14. The number of anilines is 1. The molecule has 1 heterocycles. The lowest BCUT2D eigenvalue weighted by atomic mass is 10.1. The number of nitrogens with one attached hydrogen (secondary N) is 1. The van der Waals surface area contributed by atoms with Gasteiger partial charge in [-0.1, -0.05) is 30.3 Å². The largest absolute Gasteiger partial charge is 0.365 e. The lowest BCUT2D eigenvalue weighted by Crippen LogP contribution is -2.20. The van der Waals surface area contributed by atoms with Gasteiger partial charge in [0, 0.05) is 11.3 Å². The van der Waals surface area contributed by atoms with Crippen LogP contribution in [0.5, 0.6) is 0 Å². The zero-order chi connectivity index (χ0) is 18.6. The Balaban J connectivity index is 1.99. The molecule has 0 aliphatic heterocycles. The summed E-state index contributed by atoms with van der Waals surface area (Å²) in [4.78, 5) is 24.5. The highest BCUT2D eigenvalue weighted by Crippen LogP contribution is 2.32. The summed E-state index contributed by atoms with van der Waals surface area (Å²) in [5.41, 5.74) is 7.04. The molecule has 0 saturated carbocycles. The van der Waals surface area contributed by atoms with E-state index in [4.69, 9.17) is 5.73 Å². The van der Waals surface area contributed by atoms with Crippen LogP contribution in [0.15, 0.2) is 30.3 Å². The minimum absolute atomic E-state index is 0.106. The van der Waals surface area contributed by atoms with Crippen LogP contribution in [0.4, 0.5) is 5.00 Å². The average molecular weight is 380 g/mol. The van der Waals surface area contributed by atoms with Crippen molar-refractivity contribution in [2.24, 2.45) is 5.73 Å². The van der Waals surface area contributed by atoms with Crippen molar-refractivity contribution in [1.82, 2.24) is 0 Å². The van der Waals surface area contributed by atoms with E-state index in [1.54, 1.807) is 31.2 Å². The van der Waals surface area contributed by atoms with Crippen LogP contribution in [0.2, 0.25) is 0 Å². The second-order valence-electron chi connectivity index (χ2n) is 5.73. The molecule has 0 atom stereocenters. The number of hydrogen-bond donors (Lipinski definition) is 2. The lowest BCUT2D eigenvalue weighted by Gasteiger charge is -2.06. The molecule has 2 amide bonds. The monoisotopic (exact) mass is 380 g/mol. The molecule has 2 aromatic rings. The molecule has 3 N–H and O–H groups in total. The Morgan fingerprint density at radius 3 is 2.40 bits per heavy atom. The number of benzene rings is 1. The number of thiophene rings is 1. The number of amides is 2. The topological polar surface area (TPSA) is 106 Å². The molecular weight excluding hydrogens is 360 g/mol. The van der Waals surface area contributed by atoms with Gasteiger partial charge in [0.25, 0.3) is 5.91 Å². The van der Waals surface area contributed by atoms with Gasteiger partial charge in [0.1, 0.15) is 5.00 Å². The van der Waals surface area contributed by atoms with E-state index < -0.39 is 21.7 Å². The Labute approximate surface area is 151 Å². The van der Waals surface area contributed by atoms with Crippen LogP contribution in [-0.2, 0) is 20.4 Å². The SMILES string of the molecule is Cc1sc(NC(=O)CCS(=O)(=O)Cc2ccccc2)c(C(N)=O)c1C. The van der Waals surface area contributed by atoms with E-state index in [2.05, 4.69) is 5.32 Å². The molecule has 1 aromatic carbocycles. The quantitative estimate of drug-likeness (QED) is 0.769. The Bertz CT molecular complexity index is 887. The molecule has 25 heavy (non-hydrogen) atoms. The van der Waals surface area contributed by atoms with Crippen molar-refractivity contribution in [1.29, 1.82) is 0 Å². The van der Waals surface area contributed by atoms with Gasteiger partial charge in [-0.25, -0.2) is 8.42 Å². The van der Waals surface area contributed by atoms with Crippen molar-refractivity contribution in [2.75, 3.05) is 11.1 Å². The number of carbonyl (C=O) groups excluding carboxylic acids is 2. The smallest absolute Gasteiger partial charge is 0.251 e. The summed E-state index contributed by atoms with van der Waals surface area (Å²) in [7, 11) is -3.40. The molecule has 134 valence electrons. The van der Waals surface area contributed by atoms with E-state index >= 15 is 0 Å². The van der Waals surface area contributed by atoms with E-state index in [1.807, 2.05) is 13.0 Å². The predicted octanol–water partition coefficient (Wildman–Crippen LogP) is 2.41. The average Bonchev–Trinajstić information content (AvgIpc) is 2.80. The molecule has 0 fully saturated rings. The zero-order valence-electron chi connectivity index (χ0n) is 14.0. The highest BCUT2D eigenvalue weighted by atomic mass is 32.2. The minimum atomic E-state index is -3.40. The van der Waals surface area contributed by atoms with Crippen LogP contribution in [0.1, 0.15) is 32.8 Å². The first kappa shape index (κ1) is 19.1. The molecule has 2 rings (SSSR count). The van der Waals surface area contributed by atoms with Crippen LogP contribution in [-0.4, -0.2) is 26.0 Å². The summed E-state index contributed by atoms with van der Waals surface area (Å²) in [6, 6.07) is 8.81. The fourth-order valence-electron chi connectivity index (χ4n) is 2.35. The van der Waals surface area contributed by atoms with Gasteiger partial charge in [-0.15, -0.1) is 11.3 Å². The lowest BCUT2D eigenvalue weighted by molar-refractivity contribution is -0.115. The summed E-state index contributed by atoms with van der Waals surface area (Å²) in [5, 5.41) is 2.97. The van der Waals surface area contributed by atoms with Crippen molar-refractivity contribution in [3.8, 4) is 0 Å². The molecule has 0 spiro atoms. The number of aryl methyl sites for hydroxylation is 1. The van der Waals surface area contributed by atoms with Crippen LogP contribution in [0.25, 0.3) is 0 Å². The third-order valence-electron chi connectivity index (χ3n) is 3.75. The molecule has 1 aromatic heterocycles. The molecule has 0 aliphatic carbocycles. The zero-order valence-corrected chi connectivity index (χ0v) is 15.7. The first-order valence-electron chi connectivity index (χ1n) is 7.63. The molecule has 0 aliphatic rings. The van der Waals surface area contributed by atoms with Gasteiger partial charge in [-0.2, -0.15) is 0 Å². The predicted molar refractivity (Wildman–Crippen MR) is 99.5 cm³/mol. The second-order valence-corrected chi connectivity index (χ2v) is 9.14. The molecule has 0 unspecified atom stereocenters. The second kappa shape index (κ2) is 7.79. The summed E-state index contributed by atoms with van der Waals surface area (Å²) < 4.78 is 24.3. The van der Waals surface area contributed by atoms with Crippen molar-refractivity contribution < 1.29 is 18.0 Å². The summed E-state index contributed by atoms with van der Waals surface area (Å²) in [6.45, 7) is 3.58. The molecule has 6 nitrogen and oxygen atoms in total. The fourth-order valence-corrected chi connectivity index (χ4v) is 4.77. The number of nitrogens with two attached hydrogens (primary N) is 1. The van der Waals surface area contributed by atoms with Gasteiger partial charge in [0.15, 0.2) is 9.84 Å². The first-order valence-corrected chi connectivity index (χ1v) is 10.3. The normalized spacial score (nSPS) is 11.3. The highest BCUT2D eigenvalue weighted by molar-refractivity contribution is 7.90. The molecule has 0 saturated heterocycles. The van der Waals surface area contributed by atoms with E-state index in [0.717, 1.165) is 10.4 Å². The highest BCUT2D eigenvalue weighted by Gasteiger charge is 2.20. The summed E-state index contributed by atoms with van der Waals surface area (Å²) >= 11 is 1.25. The Morgan fingerprint density at radius 1 is 1.16 bits per heavy atom. The number of sulfone groups is 1. The van der Waals surface area contributed by atoms with Crippen LogP contribution in [0, 0.1) is 13.8 Å². The van der Waals surface area contributed by atoms with Gasteiger partial charge in [-0.05, 0) is 25.0 Å².